The lowest BCUT2D eigenvalue weighted by Crippen LogP contribution is -2.09. The molecule has 85 heavy (non-hydrogen) atoms. The van der Waals surface area contributed by atoms with Gasteiger partial charge in [0, 0.05) is 54.8 Å². The standard InChI is InChI=1S/C20H14FN5O2S3.C18H17N5O2S3.C14H12N8O2S2/c1-31(27,28)26-13-4-2-3-11(7-13)14-10-29-17-9-22-19(24-18(14)17)25-20-23-15-6-5-12(21)8-16(15)30-20;1-10-11(2)27-18(20-10)22-17-19-8-15-16(21-17)14(9-26-15)12-5-4-6-13(7-12)23-28(3,24)25;1-26(23,24)20-9-4-2-3-8(5-9)10-7-25-11-6-15-13(16-12(10)11)17-14-18-21-22-19-14/h2-10,26H,1H3,(H,22,23,24,25);4-9,23H,1-3H3,(H,19,20,21,22);2-7,20H,1H3,(H2,15,16,17,18,19,21,22). The zero-order valence-electron chi connectivity index (χ0n) is 44.6. The van der Waals surface area contributed by atoms with E-state index in [1.54, 1.807) is 95.9 Å². The molecule has 0 aliphatic heterocycles. The Kier molecular flexibility index (Phi) is 16.4. The van der Waals surface area contributed by atoms with Crippen LogP contribution >= 0.6 is 56.7 Å². The first-order valence-electron chi connectivity index (χ1n) is 24.6. The van der Waals surface area contributed by atoms with Crippen LogP contribution in [0.2, 0.25) is 0 Å². The first-order valence-corrected chi connectivity index (χ1v) is 34.6. The highest BCUT2D eigenvalue weighted by atomic mass is 32.2. The summed E-state index contributed by atoms with van der Waals surface area (Å²) in [7, 11) is -10.1. The fourth-order valence-corrected chi connectivity index (χ4v) is 14.1. The van der Waals surface area contributed by atoms with Crippen LogP contribution in [-0.4, -0.2) is 105 Å². The molecule has 13 rings (SSSR count). The molecule has 0 aliphatic rings. The van der Waals surface area contributed by atoms with Gasteiger partial charge >= 0.3 is 0 Å². The van der Waals surface area contributed by atoms with E-state index < -0.39 is 30.1 Å². The van der Waals surface area contributed by atoms with Crippen LogP contribution in [0.3, 0.4) is 0 Å². The SMILES string of the molecule is CS(=O)(=O)Nc1cccc(-c2csc3cnc(Nc4nc5ccc(F)cc5s4)nc23)c1.CS(=O)(=O)Nc1cccc(-c2csc3cnc(Nc4nn[nH]n4)nc23)c1.Cc1nc(Nc2ncc3scc(-c4cccc(NS(C)(=O)=O)c4)c3n2)sc1C. The average molecular weight is 1290 g/mol. The lowest BCUT2D eigenvalue weighted by Gasteiger charge is -2.06. The number of halogens is 1. The normalized spacial score (nSPS) is 11.7. The van der Waals surface area contributed by atoms with Gasteiger partial charge in [-0.25, -0.2) is 69.5 Å². The van der Waals surface area contributed by atoms with Gasteiger partial charge in [0.05, 0.1) is 83.9 Å². The number of rotatable bonds is 15. The molecule has 33 heteroatoms. The Morgan fingerprint density at radius 3 is 1.32 bits per heavy atom. The van der Waals surface area contributed by atoms with Crippen molar-refractivity contribution in [2.45, 2.75) is 13.8 Å². The fourth-order valence-electron chi connectivity index (χ4n) is 8.16. The van der Waals surface area contributed by atoms with E-state index in [0.717, 1.165) is 103 Å². The van der Waals surface area contributed by atoms with E-state index >= 15 is 0 Å². The maximum atomic E-state index is 13.4. The second kappa shape index (κ2) is 24.0. The molecule has 13 aromatic rings. The molecule has 0 unspecified atom stereocenters. The number of nitrogens with zero attached hydrogens (tertiary/aromatic N) is 11. The summed E-state index contributed by atoms with van der Waals surface area (Å²) < 4.78 is 93.4. The van der Waals surface area contributed by atoms with Crippen molar-refractivity contribution in [3.05, 3.63) is 142 Å². The third kappa shape index (κ3) is 14.6. The molecule has 9 heterocycles. The van der Waals surface area contributed by atoms with Gasteiger partial charge in [0.25, 0.3) is 5.95 Å². The second-order valence-electron chi connectivity index (χ2n) is 18.4. The maximum Gasteiger partial charge on any atom is 0.269 e. The van der Waals surface area contributed by atoms with Gasteiger partial charge in [0.2, 0.25) is 47.9 Å². The molecule has 0 fully saturated rings. The van der Waals surface area contributed by atoms with Crippen LogP contribution < -0.4 is 30.1 Å². The molecule has 0 spiro atoms. The molecule has 0 atom stereocenters. The van der Waals surface area contributed by atoms with Gasteiger partial charge in [-0.1, -0.05) is 52.8 Å². The number of anilines is 9. The van der Waals surface area contributed by atoms with E-state index in [0.29, 0.717) is 45.6 Å². The molecular formula is C52H43FN18O6S8. The van der Waals surface area contributed by atoms with Crippen molar-refractivity contribution in [2.75, 3.05) is 48.9 Å². The highest BCUT2D eigenvalue weighted by Gasteiger charge is 2.17. The van der Waals surface area contributed by atoms with Gasteiger partial charge in [-0.15, -0.1) is 50.4 Å². The maximum absolute atomic E-state index is 13.4. The second-order valence-corrected chi connectivity index (χ2v) is 28.6. The minimum atomic E-state index is -3.37. The van der Waals surface area contributed by atoms with Gasteiger partial charge in [0.15, 0.2) is 10.3 Å². The first-order chi connectivity index (χ1) is 40.6. The molecule has 7 N–H and O–H groups in total. The summed E-state index contributed by atoms with van der Waals surface area (Å²) in [5.41, 5.74) is 10.7. The number of aryl methyl sites for hydroxylation is 2. The van der Waals surface area contributed by atoms with Crippen molar-refractivity contribution in [3.63, 3.8) is 0 Å². The van der Waals surface area contributed by atoms with Crippen LogP contribution in [0.25, 0.3) is 74.2 Å². The number of H-pyrrole nitrogens is 1. The Hall–Kier alpha value is -8.83. The minimum absolute atomic E-state index is 0.264. The molecule has 0 bridgehead atoms. The van der Waals surface area contributed by atoms with Gasteiger partial charge < -0.3 is 5.32 Å². The van der Waals surface area contributed by atoms with Gasteiger partial charge in [-0.3, -0.25) is 24.8 Å². The minimum Gasteiger partial charge on any atom is -0.300 e. The highest BCUT2D eigenvalue weighted by molar-refractivity contribution is 7.92. The molecular weight excluding hydrogens is 1250 g/mol. The van der Waals surface area contributed by atoms with Crippen LogP contribution in [-0.2, 0) is 30.1 Å². The summed E-state index contributed by atoms with van der Waals surface area (Å²) in [5.74, 6) is 1.14. The summed E-state index contributed by atoms with van der Waals surface area (Å²) in [6, 6.07) is 26.0. The number of hydrogen-bond donors (Lipinski definition) is 7. The number of hydrogen-bond acceptors (Lipinski definition) is 25. The Labute approximate surface area is 503 Å². The van der Waals surface area contributed by atoms with E-state index in [9.17, 15) is 29.6 Å². The average Bonchev–Trinajstić information content (AvgIpc) is 2.96. The number of sulfonamides is 3. The van der Waals surface area contributed by atoms with Gasteiger partial charge in [-0.05, 0) is 90.3 Å². The smallest absolute Gasteiger partial charge is 0.269 e. The number of thiazole rings is 2. The monoisotopic (exact) mass is 1290 g/mol. The van der Waals surface area contributed by atoms with E-state index in [1.165, 1.54) is 46.1 Å². The van der Waals surface area contributed by atoms with Crippen LogP contribution in [0.4, 0.5) is 55.5 Å². The number of tetrazole rings is 1. The number of nitrogens with one attached hydrogen (secondary N) is 7. The van der Waals surface area contributed by atoms with Crippen molar-refractivity contribution in [1.29, 1.82) is 0 Å². The summed E-state index contributed by atoms with van der Waals surface area (Å²) in [6.45, 7) is 3.99. The number of aromatic nitrogens is 12. The molecule has 0 amide bonds. The summed E-state index contributed by atoms with van der Waals surface area (Å²) >= 11 is 7.43. The van der Waals surface area contributed by atoms with Crippen molar-refractivity contribution >= 4 is 179 Å². The number of fused-ring (bicyclic) bond motifs is 4. The largest absolute Gasteiger partial charge is 0.300 e. The molecule has 4 aromatic carbocycles. The van der Waals surface area contributed by atoms with Crippen LogP contribution in [0.15, 0.2) is 126 Å². The van der Waals surface area contributed by atoms with E-state index in [4.69, 9.17) is 0 Å². The molecule has 432 valence electrons. The van der Waals surface area contributed by atoms with E-state index in [-0.39, 0.29) is 11.8 Å². The molecule has 0 saturated heterocycles. The number of benzene rings is 4. The van der Waals surface area contributed by atoms with Gasteiger partial charge in [-0.2, -0.15) is 5.21 Å². The molecule has 0 radical (unpaired) electrons. The fraction of sp³-hybridized carbons (Fsp3) is 0.0962. The summed E-state index contributed by atoms with van der Waals surface area (Å²) in [6.07, 6.45) is 8.57. The van der Waals surface area contributed by atoms with Crippen LogP contribution in [0.5, 0.6) is 0 Å². The predicted molar refractivity (Wildman–Crippen MR) is 339 cm³/mol. The zero-order valence-corrected chi connectivity index (χ0v) is 51.2. The number of aromatic amines is 1. The zero-order chi connectivity index (χ0) is 59.6. The Morgan fingerprint density at radius 1 is 0.482 bits per heavy atom. The van der Waals surface area contributed by atoms with Gasteiger partial charge in [0.1, 0.15) is 5.82 Å². The van der Waals surface area contributed by atoms with E-state index in [2.05, 4.69) is 90.6 Å². The highest BCUT2D eigenvalue weighted by Crippen LogP contribution is 2.38. The lowest BCUT2D eigenvalue weighted by molar-refractivity contribution is 0.605. The van der Waals surface area contributed by atoms with Crippen molar-refractivity contribution in [3.8, 4) is 33.4 Å². The lowest BCUT2D eigenvalue weighted by atomic mass is 10.1. The summed E-state index contributed by atoms with van der Waals surface area (Å²) in [5, 5.41) is 29.8. The quantitative estimate of drug-likeness (QED) is 0.0501. The molecule has 0 saturated carbocycles. The Balaban J connectivity index is 0.000000133. The molecule has 9 aromatic heterocycles. The van der Waals surface area contributed by atoms with Crippen molar-refractivity contribution < 1.29 is 29.6 Å². The van der Waals surface area contributed by atoms with Crippen LogP contribution in [0, 0.1) is 19.7 Å². The topological polar surface area (TPSA) is 332 Å². The Bertz CT molecular complexity index is 4960. The Morgan fingerprint density at radius 2 is 0.918 bits per heavy atom. The third-order valence-corrected chi connectivity index (χ3v) is 18.2. The predicted octanol–water partition coefficient (Wildman–Crippen LogP) is 11.8. The molecule has 24 nitrogen and oxygen atoms in total. The van der Waals surface area contributed by atoms with Crippen molar-refractivity contribution in [1.82, 2.24) is 60.5 Å². The van der Waals surface area contributed by atoms with Crippen molar-refractivity contribution in [2.24, 2.45) is 0 Å². The van der Waals surface area contributed by atoms with E-state index in [1.807, 2.05) is 54.3 Å². The summed E-state index contributed by atoms with van der Waals surface area (Å²) in [4.78, 5) is 36.8. The van der Waals surface area contributed by atoms with Crippen LogP contribution in [0.1, 0.15) is 10.6 Å². The number of thiophene rings is 3. The molecule has 0 aliphatic carbocycles. The first kappa shape index (κ1) is 58.0. The third-order valence-electron chi connectivity index (χ3n) is 11.8.